The third kappa shape index (κ3) is 3.67. The van der Waals surface area contributed by atoms with E-state index in [0.717, 1.165) is 30.5 Å². The Morgan fingerprint density at radius 1 is 1.33 bits per heavy atom. The molecule has 1 amide bonds. The summed E-state index contributed by atoms with van der Waals surface area (Å²) in [5, 5.41) is 7.47. The van der Waals surface area contributed by atoms with E-state index in [2.05, 4.69) is 23.4 Å². The van der Waals surface area contributed by atoms with Crippen LogP contribution in [0.1, 0.15) is 30.0 Å². The minimum atomic E-state index is -0.258. The molecule has 0 saturated heterocycles. The van der Waals surface area contributed by atoms with Gasteiger partial charge in [-0.15, -0.1) is 0 Å². The van der Waals surface area contributed by atoms with Crippen LogP contribution in [0.2, 0.25) is 0 Å². The Labute approximate surface area is 143 Å². The maximum atomic E-state index is 12.8. The van der Waals surface area contributed by atoms with Gasteiger partial charge in [0.15, 0.2) is 0 Å². The summed E-state index contributed by atoms with van der Waals surface area (Å²) < 4.78 is 1.96. The van der Waals surface area contributed by atoms with Crippen molar-refractivity contribution in [2.24, 2.45) is 5.41 Å². The zero-order valence-electron chi connectivity index (χ0n) is 14.7. The summed E-state index contributed by atoms with van der Waals surface area (Å²) in [5.74, 6) is 0.0704. The lowest BCUT2D eigenvalue weighted by Gasteiger charge is -2.26. The molecule has 1 heterocycles. The number of likely N-dealkylation sites (N-methyl/N-ethyl adjacent to an activating group) is 1. The lowest BCUT2D eigenvalue weighted by molar-refractivity contribution is -0.126. The molecule has 24 heavy (non-hydrogen) atoms. The summed E-state index contributed by atoms with van der Waals surface area (Å²) in [4.78, 5) is 14.8. The second kappa shape index (κ2) is 6.77. The average Bonchev–Trinajstić information content (AvgIpc) is 3.11. The molecular formula is C19H26N4O. The van der Waals surface area contributed by atoms with Crippen LogP contribution in [0.5, 0.6) is 0 Å². The van der Waals surface area contributed by atoms with Crippen LogP contribution in [-0.4, -0.2) is 41.2 Å². The molecule has 0 bridgehead atoms. The lowest BCUT2D eigenvalue weighted by atomic mass is 9.99. The van der Waals surface area contributed by atoms with Gasteiger partial charge in [-0.2, -0.15) is 5.10 Å². The number of nitrogens with zero attached hydrogens (tertiary/aromatic N) is 3. The van der Waals surface area contributed by atoms with Gasteiger partial charge in [-0.25, -0.2) is 0 Å². The monoisotopic (exact) mass is 326 g/mol. The van der Waals surface area contributed by atoms with Crippen molar-refractivity contribution in [3.63, 3.8) is 0 Å². The predicted octanol–water partition coefficient (Wildman–Crippen LogP) is 2.39. The third-order valence-electron chi connectivity index (χ3n) is 4.90. The molecule has 1 aliphatic rings. The number of amides is 1. The van der Waals surface area contributed by atoms with Gasteiger partial charge in [0.1, 0.15) is 6.04 Å². The molecule has 5 nitrogen and oxygen atoms in total. The van der Waals surface area contributed by atoms with Crippen LogP contribution in [-0.2, 0) is 11.3 Å². The molecule has 1 aromatic heterocycles. The maximum Gasteiger partial charge on any atom is 0.241 e. The van der Waals surface area contributed by atoms with Crippen molar-refractivity contribution in [1.82, 2.24) is 20.0 Å². The van der Waals surface area contributed by atoms with Crippen LogP contribution in [0.3, 0.4) is 0 Å². The number of carbonyl (C=O) groups excluding carboxylic acids is 1. The van der Waals surface area contributed by atoms with Gasteiger partial charge in [0.05, 0.1) is 0 Å². The summed E-state index contributed by atoms with van der Waals surface area (Å²) in [7, 11) is 3.90. The topological polar surface area (TPSA) is 50.2 Å². The third-order valence-corrected chi connectivity index (χ3v) is 4.90. The van der Waals surface area contributed by atoms with E-state index in [9.17, 15) is 4.79 Å². The van der Waals surface area contributed by atoms with E-state index < -0.39 is 0 Å². The van der Waals surface area contributed by atoms with E-state index in [-0.39, 0.29) is 17.4 Å². The first-order valence-corrected chi connectivity index (χ1v) is 8.48. The van der Waals surface area contributed by atoms with Crippen molar-refractivity contribution in [3.05, 3.63) is 53.9 Å². The van der Waals surface area contributed by atoms with Crippen molar-refractivity contribution in [2.45, 2.75) is 32.4 Å². The molecule has 1 unspecified atom stereocenters. The first-order chi connectivity index (χ1) is 11.5. The molecule has 1 saturated carbocycles. The van der Waals surface area contributed by atoms with Crippen molar-refractivity contribution in [2.75, 3.05) is 20.6 Å². The van der Waals surface area contributed by atoms with Crippen molar-refractivity contribution in [3.8, 4) is 0 Å². The summed E-state index contributed by atoms with van der Waals surface area (Å²) in [6.07, 6.45) is 6.07. The number of nitrogens with one attached hydrogen (secondary N) is 1. The van der Waals surface area contributed by atoms with E-state index in [0.29, 0.717) is 6.54 Å². The van der Waals surface area contributed by atoms with E-state index in [1.165, 1.54) is 0 Å². The van der Waals surface area contributed by atoms with Gasteiger partial charge in [0.2, 0.25) is 5.91 Å². The van der Waals surface area contributed by atoms with Crippen LogP contribution in [0.4, 0.5) is 0 Å². The van der Waals surface area contributed by atoms with E-state index in [4.69, 9.17) is 0 Å². The fourth-order valence-electron chi connectivity index (χ4n) is 3.22. The number of benzene rings is 1. The Morgan fingerprint density at radius 3 is 2.67 bits per heavy atom. The summed E-state index contributed by atoms with van der Waals surface area (Å²) in [6.45, 7) is 3.64. The summed E-state index contributed by atoms with van der Waals surface area (Å²) in [6, 6.07) is 9.77. The van der Waals surface area contributed by atoms with E-state index in [1.54, 1.807) is 6.20 Å². The Hall–Kier alpha value is -2.14. The van der Waals surface area contributed by atoms with Crippen LogP contribution >= 0.6 is 0 Å². The second-order valence-electron chi connectivity index (χ2n) is 7.14. The molecule has 2 aromatic rings. The van der Waals surface area contributed by atoms with E-state index in [1.807, 2.05) is 54.1 Å². The van der Waals surface area contributed by atoms with Crippen molar-refractivity contribution < 1.29 is 4.79 Å². The smallest absolute Gasteiger partial charge is 0.241 e. The Morgan fingerprint density at radius 2 is 2.08 bits per heavy atom. The van der Waals surface area contributed by atoms with Crippen LogP contribution in [0, 0.1) is 12.3 Å². The van der Waals surface area contributed by atoms with Crippen molar-refractivity contribution >= 4 is 5.91 Å². The Bertz CT molecular complexity index is 689. The number of rotatable bonds is 7. The first-order valence-electron chi connectivity index (χ1n) is 8.48. The highest BCUT2D eigenvalue weighted by molar-refractivity contribution is 5.83. The molecule has 3 rings (SSSR count). The Balaban J connectivity index is 1.65. The number of aromatic nitrogens is 2. The number of hydrogen-bond donors (Lipinski definition) is 1. The van der Waals surface area contributed by atoms with Gasteiger partial charge in [-0.05, 0) is 51.1 Å². The number of hydrogen-bond acceptors (Lipinski definition) is 3. The fourth-order valence-corrected chi connectivity index (χ4v) is 3.22. The first kappa shape index (κ1) is 16.7. The quantitative estimate of drug-likeness (QED) is 0.850. The predicted molar refractivity (Wildman–Crippen MR) is 94.5 cm³/mol. The maximum absolute atomic E-state index is 12.8. The average molecular weight is 326 g/mol. The molecule has 0 radical (unpaired) electrons. The molecule has 1 aromatic carbocycles. The van der Waals surface area contributed by atoms with Gasteiger partial charge in [0.25, 0.3) is 0 Å². The molecule has 1 N–H and O–H groups in total. The van der Waals surface area contributed by atoms with Crippen LogP contribution in [0.25, 0.3) is 0 Å². The molecule has 1 aliphatic carbocycles. The van der Waals surface area contributed by atoms with Crippen LogP contribution < -0.4 is 5.32 Å². The zero-order valence-corrected chi connectivity index (χ0v) is 14.7. The fraction of sp³-hybridized carbons (Fsp3) is 0.474. The van der Waals surface area contributed by atoms with Gasteiger partial charge in [-0.3, -0.25) is 14.4 Å². The largest absolute Gasteiger partial charge is 0.354 e. The highest BCUT2D eigenvalue weighted by atomic mass is 16.2. The van der Waals surface area contributed by atoms with E-state index >= 15 is 0 Å². The van der Waals surface area contributed by atoms with Gasteiger partial charge in [0, 0.05) is 30.9 Å². The highest BCUT2D eigenvalue weighted by Crippen LogP contribution is 2.46. The molecule has 1 fully saturated rings. The molecule has 5 heteroatoms. The standard InChI is InChI=1S/C19H26N4O/c1-15-7-4-5-8-16(15)17(22(2)3)18(24)20-13-19(9-10-19)14-23-12-6-11-21-23/h4-8,11-12,17H,9-10,13-14H2,1-3H3,(H,20,24). The molecule has 0 spiro atoms. The van der Waals surface area contributed by atoms with Gasteiger partial charge >= 0.3 is 0 Å². The normalized spacial score (nSPS) is 16.8. The lowest BCUT2D eigenvalue weighted by Crippen LogP contribution is -2.40. The second-order valence-corrected chi connectivity index (χ2v) is 7.14. The molecule has 1 atom stereocenters. The minimum Gasteiger partial charge on any atom is -0.354 e. The summed E-state index contributed by atoms with van der Waals surface area (Å²) in [5.41, 5.74) is 2.38. The zero-order chi connectivity index (χ0) is 17.2. The van der Waals surface area contributed by atoms with Gasteiger partial charge < -0.3 is 5.32 Å². The molecular weight excluding hydrogens is 300 g/mol. The minimum absolute atomic E-state index is 0.0704. The number of carbonyl (C=O) groups is 1. The number of aryl methyl sites for hydroxylation is 1. The molecule has 128 valence electrons. The summed E-state index contributed by atoms with van der Waals surface area (Å²) >= 11 is 0. The molecule has 0 aliphatic heterocycles. The van der Waals surface area contributed by atoms with Crippen LogP contribution in [0.15, 0.2) is 42.7 Å². The van der Waals surface area contributed by atoms with Crippen molar-refractivity contribution in [1.29, 1.82) is 0 Å². The SMILES string of the molecule is Cc1ccccc1C(C(=O)NCC1(Cn2cccn2)CC1)N(C)C. The highest BCUT2D eigenvalue weighted by Gasteiger charge is 2.43. The van der Waals surface area contributed by atoms with Gasteiger partial charge in [-0.1, -0.05) is 24.3 Å². The Kier molecular flexibility index (Phi) is 4.71.